The molecule has 0 bridgehead atoms. The number of benzene rings is 1. The largest absolute Gasteiger partial charge is 0.490 e. The van der Waals surface area contributed by atoms with Gasteiger partial charge >= 0.3 is 5.69 Å². The zero-order valence-corrected chi connectivity index (χ0v) is 8.79. The van der Waals surface area contributed by atoms with Crippen molar-refractivity contribution in [3.05, 3.63) is 32.3 Å². The fourth-order valence-electron chi connectivity index (χ4n) is 1.05. The van der Waals surface area contributed by atoms with Crippen LogP contribution in [0.25, 0.3) is 0 Å². The Hall–Kier alpha value is -1.10. The van der Waals surface area contributed by atoms with Crippen LogP contribution >= 0.6 is 15.9 Å². The van der Waals surface area contributed by atoms with Gasteiger partial charge in [0.1, 0.15) is 0 Å². The molecule has 0 heterocycles. The lowest BCUT2D eigenvalue weighted by atomic mass is 10.2. The second-order valence-corrected chi connectivity index (χ2v) is 3.34. The molecule has 1 rings (SSSR count). The van der Waals surface area contributed by atoms with E-state index in [2.05, 4.69) is 15.9 Å². The lowest BCUT2D eigenvalue weighted by Crippen LogP contribution is -1.96. The van der Waals surface area contributed by atoms with Gasteiger partial charge in [-0.2, -0.15) is 0 Å². The number of hydrogen-bond acceptors (Lipinski definition) is 3. The van der Waals surface area contributed by atoms with E-state index < -0.39 is 4.92 Å². The van der Waals surface area contributed by atoms with Crippen LogP contribution in [0, 0.1) is 17.0 Å². The van der Waals surface area contributed by atoms with E-state index in [1.807, 2.05) is 0 Å². The second kappa shape index (κ2) is 3.74. The summed E-state index contributed by atoms with van der Waals surface area (Å²) in [6.45, 7) is 1.76. The normalized spacial score (nSPS) is 9.77. The van der Waals surface area contributed by atoms with E-state index in [-0.39, 0.29) is 5.69 Å². The molecule has 70 valence electrons. The molecule has 0 saturated heterocycles. The average molecular weight is 246 g/mol. The Balaban J connectivity index is 3.38. The van der Waals surface area contributed by atoms with E-state index in [4.69, 9.17) is 4.74 Å². The lowest BCUT2D eigenvalue weighted by molar-refractivity contribution is -0.385. The predicted molar refractivity (Wildman–Crippen MR) is 52.1 cm³/mol. The van der Waals surface area contributed by atoms with Crippen molar-refractivity contribution in [2.24, 2.45) is 0 Å². The van der Waals surface area contributed by atoms with Gasteiger partial charge in [0.05, 0.1) is 12.0 Å². The summed E-state index contributed by atoms with van der Waals surface area (Å²) >= 11 is 3.27. The molecule has 0 aliphatic carbocycles. The van der Waals surface area contributed by atoms with Gasteiger partial charge in [0.15, 0.2) is 0 Å². The topological polar surface area (TPSA) is 52.4 Å². The summed E-state index contributed by atoms with van der Waals surface area (Å²) in [6, 6.07) is 3.05. The third kappa shape index (κ3) is 1.80. The van der Waals surface area contributed by atoms with Gasteiger partial charge in [-0.1, -0.05) is 15.9 Å². The van der Waals surface area contributed by atoms with Crippen molar-refractivity contribution in [3.63, 3.8) is 0 Å². The first kappa shape index (κ1) is 9.98. The Morgan fingerprint density at radius 2 is 2.15 bits per heavy atom. The summed E-state index contributed by atoms with van der Waals surface area (Å²) in [4.78, 5) is 10.1. The molecule has 0 fully saturated rings. The van der Waals surface area contributed by atoms with E-state index in [9.17, 15) is 10.1 Å². The standard InChI is InChI=1S/C8H8BrNO3/c1-5-6(9)3-4-7(10(11)12)8(5)13-2/h3-4H,1-2H3. The fourth-order valence-corrected chi connectivity index (χ4v) is 1.37. The maximum absolute atomic E-state index is 10.6. The van der Waals surface area contributed by atoms with E-state index >= 15 is 0 Å². The van der Waals surface area contributed by atoms with Gasteiger partial charge in [0.2, 0.25) is 5.75 Å². The Bertz CT molecular complexity index is 351. The zero-order valence-electron chi connectivity index (χ0n) is 7.20. The molecular formula is C8H8BrNO3. The molecule has 0 aromatic heterocycles. The van der Waals surface area contributed by atoms with Crippen molar-refractivity contribution in [1.29, 1.82) is 0 Å². The van der Waals surface area contributed by atoms with E-state index in [1.165, 1.54) is 13.2 Å². The lowest BCUT2D eigenvalue weighted by Gasteiger charge is -2.06. The number of methoxy groups -OCH3 is 1. The molecule has 0 aliphatic rings. The SMILES string of the molecule is COc1c([N+](=O)[O-])ccc(Br)c1C. The maximum atomic E-state index is 10.6. The molecule has 0 spiro atoms. The minimum Gasteiger partial charge on any atom is -0.490 e. The number of nitrogens with zero attached hydrogens (tertiary/aromatic N) is 1. The number of nitro groups is 1. The monoisotopic (exact) mass is 245 g/mol. The predicted octanol–water partition coefficient (Wildman–Crippen LogP) is 2.67. The Morgan fingerprint density at radius 3 is 2.62 bits per heavy atom. The first-order chi connectivity index (χ1) is 6.07. The summed E-state index contributed by atoms with van der Waals surface area (Å²) in [6.07, 6.45) is 0. The van der Waals surface area contributed by atoms with Gasteiger partial charge in [0.25, 0.3) is 0 Å². The van der Waals surface area contributed by atoms with E-state index in [0.717, 1.165) is 10.0 Å². The van der Waals surface area contributed by atoms with Crippen molar-refractivity contribution in [3.8, 4) is 5.75 Å². The molecule has 13 heavy (non-hydrogen) atoms. The minimum atomic E-state index is -0.460. The zero-order chi connectivity index (χ0) is 10.0. The Labute approximate surface area is 83.8 Å². The first-order valence-electron chi connectivity index (χ1n) is 3.55. The third-order valence-electron chi connectivity index (χ3n) is 1.72. The molecular weight excluding hydrogens is 238 g/mol. The molecule has 0 N–H and O–H groups in total. The highest BCUT2D eigenvalue weighted by Gasteiger charge is 2.17. The number of rotatable bonds is 2. The quantitative estimate of drug-likeness (QED) is 0.595. The van der Waals surface area contributed by atoms with Gasteiger partial charge < -0.3 is 4.74 Å². The first-order valence-corrected chi connectivity index (χ1v) is 4.34. The van der Waals surface area contributed by atoms with Crippen LogP contribution in [0.1, 0.15) is 5.56 Å². The van der Waals surface area contributed by atoms with Gasteiger partial charge in [-0.25, -0.2) is 0 Å². The average Bonchev–Trinajstić information content (AvgIpc) is 2.09. The van der Waals surface area contributed by atoms with Crippen molar-refractivity contribution >= 4 is 21.6 Å². The number of nitro benzene ring substituents is 1. The Kier molecular flexibility index (Phi) is 2.87. The molecule has 4 nitrogen and oxygen atoms in total. The fraction of sp³-hybridized carbons (Fsp3) is 0.250. The summed E-state index contributed by atoms with van der Waals surface area (Å²) in [7, 11) is 1.42. The summed E-state index contributed by atoms with van der Waals surface area (Å²) < 4.78 is 5.75. The van der Waals surface area contributed by atoms with Gasteiger partial charge in [0, 0.05) is 16.1 Å². The Morgan fingerprint density at radius 1 is 1.54 bits per heavy atom. The van der Waals surface area contributed by atoms with E-state index in [1.54, 1.807) is 13.0 Å². The van der Waals surface area contributed by atoms with Crippen LogP contribution in [-0.2, 0) is 0 Å². The summed E-state index contributed by atoms with van der Waals surface area (Å²) in [5, 5.41) is 10.6. The highest BCUT2D eigenvalue weighted by Crippen LogP contribution is 2.34. The molecule has 0 atom stereocenters. The summed E-state index contributed by atoms with van der Waals surface area (Å²) in [5.74, 6) is 0.305. The van der Waals surface area contributed by atoms with Crippen molar-refractivity contribution in [2.75, 3.05) is 7.11 Å². The molecule has 1 aromatic rings. The molecule has 5 heteroatoms. The smallest absolute Gasteiger partial charge is 0.311 e. The number of halogens is 1. The molecule has 0 aliphatic heterocycles. The van der Waals surface area contributed by atoms with Crippen molar-refractivity contribution < 1.29 is 9.66 Å². The summed E-state index contributed by atoms with van der Waals surface area (Å²) in [5.41, 5.74) is 0.722. The highest BCUT2D eigenvalue weighted by molar-refractivity contribution is 9.10. The molecule has 0 unspecified atom stereocenters. The van der Waals surface area contributed by atoms with Crippen LogP contribution in [0.15, 0.2) is 16.6 Å². The van der Waals surface area contributed by atoms with Crippen LogP contribution in [0.4, 0.5) is 5.69 Å². The maximum Gasteiger partial charge on any atom is 0.311 e. The minimum absolute atomic E-state index is 0.0109. The molecule has 1 aromatic carbocycles. The molecule has 0 radical (unpaired) electrons. The van der Waals surface area contributed by atoms with Crippen LogP contribution in [-0.4, -0.2) is 12.0 Å². The third-order valence-corrected chi connectivity index (χ3v) is 2.58. The van der Waals surface area contributed by atoms with Crippen molar-refractivity contribution in [2.45, 2.75) is 6.92 Å². The second-order valence-electron chi connectivity index (χ2n) is 2.48. The number of hydrogen-bond donors (Lipinski definition) is 0. The molecule has 0 saturated carbocycles. The van der Waals surface area contributed by atoms with Crippen LogP contribution < -0.4 is 4.74 Å². The van der Waals surface area contributed by atoms with E-state index in [0.29, 0.717) is 5.75 Å². The van der Waals surface area contributed by atoms with Gasteiger partial charge in [-0.3, -0.25) is 10.1 Å². The highest BCUT2D eigenvalue weighted by atomic mass is 79.9. The molecule has 0 amide bonds. The van der Waals surface area contributed by atoms with Gasteiger partial charge in [-0.15, -0.1) is 0 Å². The van der Waals surface area contributed by atoms with Crippen LogP contribution in [0.2, 0.25) is 0 Å². The van der Waals surface area contributed by atoms with Crippen LogP contribution in [0.5, 0.6) is 5.75 Å². The van der Waals surface area contributed by atoms with Crippen LogP contribution in [0.3, 0.4) is 0 Å². The van der Waals surface area contributed by atoms with Gasteiger partial charge in [-0.05, 0) is 13.0 Å². The van der Waals surface area contributed by atoms with Crippen molar-refractivity contribution in [1.82, 2.24) is 0 Å². The number of ether oxygens (including phenoxy) is 1.